The molecule has 0 aliphatic carbocycles. The molecular weight excluding hydrogens is 420 g/mol. The Labute approximate surface area is 186 Å². The largest absolute Gasteiger partial charge is 0.494 e. The first kappa shape index (κ1) is 22.6. The number of carbonyl (C=O) groups is 2. The van der Waals surface area contributed by atoms with Crippen molar-refractivity contribution in [1.29, 1.82) is 0 Å². The molecule has 31 heavy (non-hydrogen) atoms. The van der Waals surface area contributed by atoms with Crippen molar-refractivity contribution in [2.45, 2.75) is 25.9 Å². The van der Waals surface area contributed by atoms with Gasteiger partial charge in [-0.05, 0) is 62.2 Å². The monoisotopic (exact) mass is 444 g/mol. The molecule has 3 N–H and O–H groups in total. The maximum absolute atomic E-state index is 11.9. The molecular formula is C22H25ClN4O4. The molecule has 0 saturated carbocycles. The maximum Gasteiger partial charge on any atom is 0.329 e. The molecule has 0 aromatic heterocycles. The highest BCUT2D eigenvalue weighted by Crippen LogP contribution is 2.24. The summed E-state index contributed by atoms with van der Waals surface area (Å²) >= 11 is 6.10. The SMILES string of the molecule is CCOc1ccc(Nc2ccc(Cl)cc2/C=N\NC(=O)C(=O)NC[C@H]2CCCO2)cc1. The minimum absolute atomic E-state index is 0.0389. The summed E-state index contributed by atoms with van der Waals surface area (Å²) in [5, 5.41) is 10.2. The van der Waals surface area contributed by atoms with Gasteiger partial charge < -0.3 is 20.1 Å². The molecule has 0 bridgehead atoms. The van der Waals surface area contributed by atoms with Gasteiger partial charge in [0, 0.05) is 35.1 Å². The molecule has 164 valence electrons. The lowest BCUT2D eigenvalue weighted by atomic mass is 10.2. The van der Waals surface area contributed by atoms with Crippen LogP contribution >= 0.6 is 11.6 Å². The van der Waals surface area contributed by atoms with Crippen molar-refractivity contribution < 1.29 is 19.1 Å². The summed E-state index contributed by atoms with van der Waals surface area (Å²) in [4.78, 5) is 23.8. The lowest BCUT2D eigenvalue weighted by Gasteiger charge is -2.11. The average molecular weight is 445 g/mol. The molecule has 2 aromatic carbocycles. The number of hydrazone groups is 1. The number of amides is 2. The van der Waals surface area contributed by atoms with Crippen molar-refractivity contribution in [2.75, 3.05) is 25.1 Å². The van der Waals surface area contributed by atoms with Crippen LogP contribution in [0.15, 0.2) is 47.6 Å². The molecule has 2 amide bonds. The number of hydrogen-bond acceptors (Lipinski definition) is 6. The second kappa shape index (κ2) is 11.3. The normalized spacial score (nSPS) is 15.6. The van der Waals surface area contributed by atoms with Gasteiger partial charge in [0.15, 0.2) is 0 Å². The summed E-state index contributed by atoms with van der Waals surface area (Å²) in [5.74, 6) is -0.824. The molecule has 2 aromatic rings. The van der Waals surface area contributed by atoms with Gasteiger partial charge in [0.25, 0.3) is 0 Å². The van der Waals surface area contributed by atoms with Gasteiger partial charge in [-0.1, -0.05) is 11.6 Å². The first-order valence-corrected chi connectivity index (χ1v) is 10.4. The van der Waals surface area contributed by atoms with Gasteiger partial charge in [0.1, 0.15) is 5.75 Å². The number of benzene rings is 2. The fourth-order valence-electron chi connectivity index (χ4n) is 3.01. The molecule has 9 heteroatoms. The molecule has 8 nitrogen and oxygen atoms in total. The quantitative estimate of drug-likeness (QED) is 0.329. The number of nitrogens with zero attached hydrogens (tertiary/aromatic N) is 1. The highest BCUT2D eigenvalue weighted by Gasteiger charge is 2.19. The van der Waals surface area contributed by atoms with Gasteiger partial charge in [-0.3, -0.25) is 9.59 Å². The summed E-state index contributed by atoms with van der Waals surface area (Å²) in [7, 11) is 0. The second-order valence-corrected chi connectivity index (χ2v) is 7.29. The standard InChI is InChI=1S/C22H25ClN4O4/c1-2-30-18-8-6-17(7-9-18)26-20-10-5-16(23)12-15(20)13-25-27-22(29)21(28)24-14-19-4-3-11-31-19/h5-10,12-13,19,26H,2-4,11,14H2,1H3,(H,24,28)(H,27,29)/b25-13-/t19-/m1/s1. The first-order valence-electron chi connectivity index (χ1n) is 10.1. The van der Waals surface area contributed by atoms with Crippen molar-refractivity contribution in [3.05, 3.63) is 53.1 Å². The molecule has 1 aliphatic heterocycles. The van der Waals surface area contributed by atoms with E-state index < -0.39 is 11.8 Å². The summed E-state index contributed by atoms with van der Waals surface area (Å²) < 4.78 is 10.9. The van der Waals surface area contributed by atoms with E-state index >= 15 is 0 Å². The maximum atomic E-state index is 11.9. The highest BCUT2D eigenvalue weighted by molar-refractivity contribution is 6.35. The van der Waals surface area contributed by atoms with E-state index in [1.165, 1.54) is 6.21 Å². The molecule has 1 fully saturated rings. The van der Waals surface area contributed by atoms with Gasteiger partial charge in [-0.25, -0.2) is 5.43 Å². The third-order valence-corrected chi connectivity index (χ3v) is 4.78. The zero-order chi connectivity index (χ0) is 22.1. The van der Waals surface area contributed by atoms with Crippen molar-refractivity contribution in [3.63, 3.8) is 0 Å². The van der Waals surface area contributed by atoms with Gasteiger partial charge in [-0.2, -0.15) is 5.10 Å². The van der Waals surface area contributed by atoms with Crippen molar-refractivity contribution in [3.8, 4) is 5.75 Å². The van der Waals surface area contributed by atoms with E-state index in [0.29, 0.717) is 30.3 Å². The van der Waals surface area contributed by atoms with Crippen LogP contribution in [-0.2, 0) is 14.3 Å². The third kappa shape index (κ3) is 6.97. The topological polar surface area (TPSA) is 101 Å². The number of halogens is 1. The van der Waals surface area contributed by atoms with Gasteiger partial charge in [-0.15, -0.1) is 0 Å². The highest BCUT2D eigenvalue weighted by atomic mass is 35.5. The minimum Gasteiger partial charge on any atom is -0.494 e. The Kier molecular flexibility index (Phi) is 8.26. The molecule has 1 atom stereocenters. The van der Waals surface area contributed by atoms with Crippen LogP contribution in [0.3, 0.4) is 0 Å². The molecule has 0 radical (unpaired) electrons. The van der Waals surface area contributed by atoms with E-state index in [-0.39, 0.29) is 6.10 Å². The predicted molar refractivity (Wildman–Crippen MR) is 120 cm³/mol. The van der Waals surface area contributed by atoms with Gasteiger partial charge in [0.05, 0.1) is 18.9 Å². The number of anilines is 2. The van der Waals surface area contributed by atoms with E-state index in [2.05, 4.69) is 21.2 Å². The summed E-state index contributed by atoms with van der Waals surface area (Å²) in [6.45, 7) is 3.52. The zero-order valence-corrected chi connectivity index (χ0v) is 17.9. The van der Waals surface area contributed by atoms with E-state index in [9.17, 15) is 9.59 Å². The Morgan fingerprint density at radius 3 is 2.74 bits per heavy atom. The van der Waals surface area contributed by atoms with Crippen LogP contribution in [0.2, 0.25) is 5.02 Å². The Bertz CT molecular complexity index is 928. The van der Waals surface area contributed by atoms with Gasteiger partial charge in [0.2, 0.25) is 0 Å². The average Bonchev–Trinajstić information content (AvgIpc) is 3.29. The number of ether oxygens (including phenoxy) is 2. The van der Waals surface area contributed by atoms with Crippen LogP contribution in [0, 0.1) is 0 Å². The van der Waals surface area contributed by atoms with Crippen LogP contribution in [0.25, 0.3) is 0 Å². The third-order valence-electron chi connectivity index (χ3n) is 4.55. The molecule has 1 heterocycles. The molecule has 1 aliphatic rings. The molecule has 0 unspecified atom stereocenters. The minimum atomic E-state index is -0.850. The summed E-state index contributed by atoms with van der Waals surface area (Å²) in [6.07, 6.45) is 3.22. The van der Waals surface area contributed by atoms with Crippen molar-refractivity contribution in [1.82, 2.24) is 10.7 Å². The molecule has 0 spiro atoms. The van der Waals surface area contributed by atoms with Crippen LogP contribution < -0.4 is 20.8 Å². The predicted octanol–water partition coefficient (Wildman–Crippen LogP) is 3.23. The second-order valence-electron chi connectivity index (χ2n) is 6.86. The Balaban J connectivity index is 1.58. The van der Waals surface area contributed by atoms with Crippen molar-refractivity contribution >= 4 is 41.0 Å². The zero-order valence-electron chi connectivity index (χ0n) is 17.2. The molecule has 3 rings (SSSR count). The van der Waals surface area contributed by atoms with Crippen LogP contribution in [-0.4, -0.2) is 43.9 Å². The fourth-order valence-corrected chi connectivity index (χ4v) is 3.19. The van der Waals surface area contributed by atoms with Crippen LogP contribution in [0.4, 0.5) is 11.4 Å². The van der Waals surface area contributed by atoms with Crippen molar-refractivity contribution in [2.24, 2.45) is 5.10 Å². The Hall–Kier alpha value is -3.10. The summed E-state index contributed by atoms with van der Waals surface area (Å²) in [5.41, 5.74) is 4.45. The first-order chi connectivity index (χ1) is 15.0. The smallest absolute Gasteiger partial charge is 0.329 e. The lowest BCUT2D eigenvalue weighted by molar-refractivity contribution is -0.139. The Morgan fingerprint density at radius 1 is 1.23 bits per heavy atom. The summed E-state index contributed by atoms with van der Waals surface area (Å²) in [6, 6.07) is 12.8. The number of nitrogens with one attached hydrogen (secondary N) is 3. The molecule has 1 saturated heterocycles. The number of hydrogen-bond donors (Lipinski definition) is 3. The van der Waals surface area contributed by atoms with E-state index in [0.717, 1.165) is 30.0 Å². The Morgan fingerprint density at radius 2 is 2.03 bits per heavy atom. The van der Waals surface area contributed by atoms with E-state index in [1.54, 1.807) is 18.2 Å². The van der Waals surface area contributed by atoms with Crippen LogP contribution in [0.5, 0.6) is 5.75 Å². The number of rotatable bonds is 8. The van der Waals surface area contributed by atoms with Gasteiger partial charge >= 0.3 is 11.8 Å². The fraction of sp³-hybridized carbons (Fsp3) is 0.318. The number of carbonyl (C=O) groups excluding carboxylic acids is 2. The van der Waals surface area contributed by atoms with E-state index in [4.69, 9.17) is 21.1 Å². The van der Waals surface area contributed by atoms with Crippen LogP contribution in [0.1, 0.15) is 25.3 Å². The lowest BCUT2D eigenvalue weighted by Crippen LogP contribution is -2.41. The van der Waals surface area contributed by atoms with E-state index in [1.807, 2.05) is 31.2 Å².